The van der Waals surface area contributed by atoms with E-state index in [4.69, 9.17) is 0 Å². The second-order valence-corrected chi connectivity index (χ2v) is 6.87. The van der Waals surface area contributed by atoms with Gasteiger partial charge in [-0.15, -0.1) is 0 Å². The number of β-amino-alcohol motifs (C(OH)–C–C–N with tert-alkyl or cyclic N) is 1. The fourth-order valence-corrected chi connectivity index (χ4v) is 3.02. The Morgan fingerprint density at radius 3 is 2.32 bits per heavy atom. The van der Waals surface area contributed by atoms with Crippen LogP contribution < -0.4 is 0 Å². The van der Waals surface area contributed by atoms with Crippen molar-refractivity contribution in [2.45, 2.75) is 53.7 Å². The van der Waals surface area contributed by atoms with Crippen LogP contribution in [0.1, 0.15) is 42.5 Å². The minimum absolute atomic E-state index is 0.0634. The number of hydrogen-bond donors (Lipinski definition) is 1. The fraction of sp³-hybridized carbons (Fsp3) is 0.647. The lowest BCUT2D eigenvalue weighted by atomic mass is 9.80. The summed E-state index contributed by atoms with van der Waals surface area (Å²) >= 11 is 0. The van der Waals surface area contributed by atoms with Crippen LogP contribution in [0.4, 0.5) is 0 Å². The molecule has 2 rings (SSSR count). The topological polar surface area (TPSA) is 23.5 Å². The van der Waals surface area contributed by atoms with Gasteiger partial charge in [-0.2, -0.15) is 0 Å². The number of piperidine rings is 1. The third-order valence-corrected chi connectivity index (χ3v) is 4.63. The lowest BCUT2D eigenvalue weighted by Crippen LogP contribution is -2.47. The molecule has 0 aliphatic carbocycles. The molecule has 2 nitrogen and oxygen atoms in total. The van der Waals surface area contributed by atoms with Crippen molar-refractivity contribution in [3.8, 4) is 0 Å². The molecule has 0 radical (unpaired) electrons. The Kier molecular flexibility index (Phi) is 4.03. The van der Waals surface area contributed by atoms with Gasteiger partial charge in [-0.05, 0) is 55.8 Å². The van der Waals surface area contributed by atoms with Crippen LogP contribution in [0.2, 0.25) is 0 Å². The van der Waals surface area contributed by atoms with Gasteiger partial charge >= 0.3 is 0 Å². The summed E-state index contributed by atoms with van der Waals surface area (Å²) in [7, 11) is 0. The van der Waals surface area contributed by atoms with Crippen LogP contribution in [0.15, 0.2) is 12.1 Å². The summed E-state index contributed by atoms with van der Waals surface area (Å²) in [5.41, 5.74) is 5.57. The van der Waals surface area contributed by atoms with Crippen molar-refractivity contribution < 1.29 is 5.11 Å². The van der Waals surface area contributed by atoms with Crippen molar-refractivity contribution in [2.24, 2.45) is 5.41 Å². The van der Waals surface area contributed by atoms with E-state index in [0.717, 1.165) is 26.1 Å². The molecule has 0 aromatic heterocycles. The summed E-state index contributed by atoms with van der Waals surface area (Å²) in [4.78, 5) is 2.39. The van der Waals surface area contributed by atoms with Crippen molar-refractivity contribution in [2.75, 3.05) is 13.1 Å². The highest BCUT2D eigenvalue weighted by molar-refractivity contribution is 5.37. The van der Waals surface area contributed by atoms with Gasteiger partial charge in [0.15, 0.2) is 0 Å². The van der Waals surface area contributed by atoms with Gasteiger partial charge in [-0.25, -0.2) is 0 Å². The molecule has 1 unspecified atom stereocenters. The zero-order valence-electron chi connectivity index (χ0n) is 13.0. The molecule has 1 aromatic rings. The number of aryl methyl sites for hydroxylation is 3. The second kappa shape index (κ2) is 5.26. The number of nitrogens with zero attached hydrogens (tertiary/aromatic N) is 1. The van der Waals surface area contributed by atoms with Gasteiger partial charge < -0.3 is 5.11 Å². The average Bonchev–Trinajstić information content (AvgIpc) is 2.28. The van der Waals surface area contributed by atoms with Gasteiger partial charge in [0.05, 0.1) is 6.10 Å². The predicted molar refractivity (Wildman–Crippen MR) is 80.3 cm³/mol. The summed E-state index contributed by atoms with van der Waals surface area (Å²) in [6, 6.07) is 4.51. The van der Waals surface area contributed by atoms with E-state index in [1.54, 1.807) is 0 Å². The van der Waals surface area contributed by atoms with Gasteiger partial charge in [0, 0.05) is 13.1 Å². The Balaban J connectivity index is 2.11. The fourth-order valence-electron chi connectivity index (χ4n) is 3.02. The average molecular weight is 261 g/mol. The number of aliphatic hydroxyl groups is 1. The number of likely N-dealkylation sites (tertiary alicyclic amines) is 1. The van der Waals surface area contributed by atoms with Crippen molar-refractivity contribution in [1.29, 1.82) is 0 Å². The third-order valence-electron chi connectivity index (χ3n) is 4.63. The van der Waals surface area contributed by atoms with E-state index >= 15 is 0 Å². The first-order chi connectivity index (χ1) is 8.79. The molecular weight excluding hydrogens is 234 g/mol. The first kappa shape index (κ1) is 14.5. The Labute approximate surface area is 117 Å². The van der Waals surface area contributed by atoms with Crippen molar-refractivity contribution in [1.82, 2.24) is 4.90 Å². The van der Waals surface area contributed by atoms with Gasteiger partial charge in [-0.1, -0.05) is 31.5 Å². The normalized spacial score (nSPS) is 23.6. The van der Waals surface area contributed by atoms with Crippen LogP contribution in [-0.4, -0.2) is 29.2 Å². The van der Waals surface area contributed by atoms with Crippen molar-refractivity contribution >= 4 is 0 Å². The first-order valence-electron chi connectivity index (χ1n) is 7.27. The van der Waals surface area contributed by atoms with E-state index in [9.17, 15) is 5.11 Å². The molecule has 2 heteroatoms. The molecule has 19 heavy (non-hydrogen) atoms. The molecule has 1 heterocycles. The molecule has 1 aromatic carbocycles. The molecule has 1 saturated heterocycles. The Hall–Kier alpha value is -0.860. The van der Waals surface area contributed by atoms with Crippen LogP contribution in [0.25, 0.3) is 0 Å². The summed E-state index contributed by atoms with van der Waals surface area (Å²) in [6.45, 7) is 13.7. The molecule has 1 N–H and O–H groups in total. The minimum atomic E-state index is -0.215. The molecule has 1 atom stereocenters. The highest BCUT2D eigenvalue weighted by Crippen LogP contribution is 2.31. The summed E-state index contributed by atoms with van der Waals surface area (Å²) < 4.78 is 0. The van der Waals surface area contributed by atoms with Crippen LogP contribution in [0.3, 0.4) is 0 Å². The maximum atomic E-state index is 10.2. The van der Waals surface area contributed by atoms with E-state index in [1.807, 2.05) is 0 Å². The van der Waals surface area contributed by atoms with E-state index < -0.39 is 0 Å². The summed E-state index contributed by atoms with van der Waals surface area (Å²) in [6.07, 6.45) is 0.852. The van der Waals surface area contributed by atoms with Crippen LogP contribution in [0.5, 0.6) is 0 Å². The maximum absolute atomic E-state index is 10.2. The molecule has 106 valence electrons. The first-order valence-corrected chi connectivity index (χ1v) is 7.27. The monoisotopic (exact) mass is 261 g/mol. The smallest absolute Gasteiger partial charge is 0.0718 e. The van der Waals surface area contributed by atoms with Crippen LogP contribution >= 0.6 is 0 Å². The van der Waals surface area contributed by atoms with Gasteiger partial charge in [0.2, 0.25) is 0 Å². The number of aliphatic hydroxyl groups excluding tert-OH is 1. The lowest BCUT2D eigenvalue weighted by molar-refractivity contribution is -0.0279. The van der Waals surface area contributed by atoms with E-state index in [0.29, 0.717) is 0 Å². The van der Waals surface area contributed by atoms with Gasteiger partial charge in [0.1, 0.15) is 0 Å². The van der Waals surface area contributed by atoms with Crippen molar-refractivity contribution in [3.63, 3.8) is 0 Å². The third kappa shape index (κ3) is 3.18. The SMILES string of the molecule is Cc1cc(C)c(CN2CCC(C)(C)C(O)C2)c(C)c1. The standard InChI is InChI=1S/C17H27NO/c1-12-8-13(2)15(14(3)9-12)10-18-7-6-17(4,5)16(19)11-18/h8-9,16,19H,6-7,10-11H2,1-5H3. The highest BCUT2D eigenvalue weighted by atomic mass is 16.3. The van der Waals surface area contributed by atoms with E-state index in [-0.39, 0.29) is 11.5 Å². The molecule has 0 spiro atoms. The zero-order valence-corrected chi connectivity index (χ0v) is 13.0. The number of benzene rings is 1. The molecule has 0 saturated carbocycles. The molecule has 1 aliphatic rings. The second-order valence-electron chi connectivity index (χ2n) is 6.87. The summed E-state index contributed by atoms with van der Waals surface area (Å²) in [5.74, 6) is 0. The molecule has 0 amide bonds. The van der Waals surface area contributed by atoms with E-state index in [1.165, 1.54) is 22.3 Å². The minimum Gasteiger partial charge on any atom is -0.391 e. The Bertz CT molecular complexity index is 441. The van der Waals surface area contributed by atoms with E-state index in [2.05, 4.69) is 51.7 Å². The predicted octanol–water partition coefficient (Wildman–Crippen LogP) is 3.20. The van der Waals surface area contributed by atoms with Crippen LogP contribution in [0, 0.1) is 26.2 Å². The highest BCUT2D eigenvalue weighted by Gasteiger charge is 2.34. The lowest BCUT2D eigenvalue weighted by Gasteiger charge is -2.41. The molecule has 1 fully saturated rings. The largest absolute Gasteiger partial charge is 0.391 e. The molecule has 0 bridgehead atoms. The number of rotatable bonds is 2. The molecule has 1 aliphatic heterocycles. The zero-order chi connectivity index (χ0) is 14.2. The number of hydrogen-bond acceptors (Lipinski definition) is 2. The molecular formula is C17H27NO. The van der Waals surface area contributed by atoms with Gasteiger partial charge in [-0.3, -0.25) is 4.90 Å². The quantitative estimate of drug-likeness (QED) is 0.883. The van der Waals surface area contributed by atoms with Crippen LogP contribution in [-0.2, 0) is 6.54 Å². The Morgan fingerprint density at radius 2 is 1.79 bits per heavy atom. The Morgan fingerprint density at radius 1 is 1.21 bits per heavy atom. The maximum Gasteiger partial charge on any atom is 0.0718 e. The van der Waals surface area contributed by atoms with Crippen molar-refractivity contribution in [3.05, 3.63) is 34.4 Å². The summed E-state index contributed by atoms with van der Waals surface area (Å²) in [5, 5.41) is 10.2. The van der Waals surface area contributed by atoms with Gasteiger partial charge in [0.25, 0.3) is 0 Å².